The summed E-state index contributed by atoms with van der Waals surface area (Å²) in [5.74, 6) is 0.289. The second-order valence-corrected chi connectivity index (χ2v) is 5.45. The van der Waals surface area contributed by atoms with Gasteiger partial charge in [-0.15, -0.1) is 0 Å². The number of rotatable bonds is 4. The summed E-state index contributed by atoms with van der Waals surface area (Å²) >= 11 is 0. The molecular formula is C16H22O3. The summed E-state index contributed by atoms with van der Waals surface area (Å²) < 4.78 is 11.0. The molecule has 2 rings (SSSR count). The third-order valence-electron chi connectivity index (χ3n) is 3.49. The van der Waals surface area contributed by atoms with Crippen molar-refractivity contribution < 1.29 is 14.3 Å². The lowest BCUT2D eigenvalue weighted by Crippen LogP contribution is -2.30. The number of ether oxygens (including phenoxy) is 2. The fourth-order valence-corrected chi connectivity index (χ4v) is 2.74. The maximum absolute atomic E-state index is 11.8. The van der Waals surface area contributed by atoms with Crippen molar-refractivity contribution in [2.24, 2.45) is 5.92 Å². The van der Waals surface area contributed by atoms with Crippen molar-refractivity contribution >= 4 is 5.97 Å². The van der Waals surface area contributed by atoms with Gasteiger partial charge in [-0.3, -0.25) is 4.79 Å². The Morgan fingerprint density at radius 1 is 1.21 bits per heavy atom. The van der Waals surface area contributed by atoms with Gasteiger partial charge in [-0.2, -0.15) is 0 Å². The Labute approximate surface area is 114 Å². The number of esters is 1. The number of hydrogen-bond acceptors (Lipinski definition) is 3. The normalized spacial score (nSPS) is 26.9. The van der Waals surface area contributed by atoms with Crippen LogP contribution in [0.5, 0.6) is 0 Å². The van der Waals surface area contributed by atoms with Gasteiger partial charge in [0, 0.05) is 6.42 Å². The van der Waals surface area contributed by atoms with E-state index in [1.165, 1.54) is 0 Å². The van der Waals surface area contributed by atoms with Crippen molar-refractivity contribution in [3.63, 3.8) is 0 Å². The third kappa shape index (κ3) is 4.67. The molecule has 0 bridgehead atoms. The van der Waals surface area contributed by atoms with E-state index in [0.717, 1.165) is 18.4 Å². The van der Waals surface area contributed by atoms with Gasteiger partial charge in [-0.1, -0.05) is 30.3 Å². The topological polar surface area (TPSA) is 35.5 Å². The fourth-order valence-electron chi connectivity index (χ4n) is 2.74. The van der Waals surface area contributed by atoms with E-state index in [1.54, 1.807) is 0 Å². The zero-order valence-electron chi connectivity index (χ0n) is 11.7. The third-order valence-corrected chi connectivity index (χ3v) is 3.49. The van der Waals surface area contributed by atoms with Gasteiger partial charge >= 0.3 is 5.97 Å². The minimum absolute atomic E-state index is 0.102. The smallest absolute Gasteiger partial charge is 0.306 e. The van der Waals surface area contributed by atoms with Gasteiger partial charge in [0.1, 0.15) is 6.61 Å². The maximum atomic E-state index is 11.8. The lowest BCUT2D eigenvalue weighted by atomic mass is 9.90. The molecule has 0 aliphatic carbocycles. The van der Waals surface area contributed by atoms with Gasteiger partial charge in [0.25, 0.3) is 0 Å². The Balaban J connectivity index is 1.75. The number of carbonyl (C=O) groups excluding carboxylic acids is 1. The van der Waals surface area contributed by atoms with Crippen LogP contribution in [0.4, 0.5) is 0 Å². The summed E-state index contributed by atoms with van der Waals surface area (Å²) in [5, 5.41) is 0. The molecule has 19 heavy (non-hydrogen) atoms. The highest BCUT2D eigenvalue weighted by Crippen LogP contribution is 2.27. The van der Waals surface area contributed by atoms with Gasteiger partial charge in [-0.25, -0.2) is 0 Å². The van der Waals surface area contributed by atoms with Crippen molar-refractivity contribution in [1.82, 2.24) is 0 Å². The van der Waals surface area contributed by atoms with Crippen LogP contribution in [0, 0.1) is 5.92 Å². The lowest BCUT2D eigenvalue weighted by molar-refractivity contribution is -0.148. The van der Waals surface area contributed by atoms with Crippen molar-refractivity contribution in [2.45, 2.75) is 51.9 Å². The zero-order chi connectivity index (χ0) is 13.7. The molecule has 3 heteroatoms. The molecule has 3 nitrogen and oxygen atoms in total. The van der Waals surface area contributed by atoms with Gasteiger partial charge in [0.15, 0.2) is 0 Å². The minimum atomic E-state index is -0.102. The van der Waals surface area contributed by atoms with Crippen LogP contribution in [-0.2, 0) is 20.9 Å². The second kappa shape index (κ2) is 6.71. The Morgan fingerprint density at radius 2 is 1.84 bits per heavy atom. The molecule has 0 N–H and O–H groups in total. The molecule has 1 heterocycles. The molecule has 0 amide bonds. The molecule has 0 saturated carbocycles. The second-order valence-electron chi connectivity index (χ2n) is 5.45. The van der Waals surface area contributed by atoms with Crippen LogP contribution in [0.15, 0.2) is 30.3 Å². The highest BCUT2D eigenvalue weighted by molar-refractivity contribution is 5.69. The largest absolute Gasteiger partial charge is 0.461 e. The summed E-state index contributed by atoms with van der Waals surface area (Å²) in [6.07, 6.45) is 2.90. The zero-order valence-corrected chi connectivity index (χ0v) is 11.7. The Bertz CT molecular complexity index is 392. The van der Waals surface area contributed by atoms with E-state index in [1.807, 2.05) is 30.3 Å². The lowest BCUT2D eigenvalue weighted by Gasteiger charge is -2.31. The van der Waals surface area contributed by atoms with Crippen LogP contribution in [0.25, 0.3) is 0 Å². The quantitative estimate of drug-likeness (QED) is 0.781. The molecule has 1 aliphatic rings. The molecule has 0 aromatic heterocycles. The Kier molecular flexibility index (Phi) is 4.97. The van der Waals surface area contributed by atoms with Crippen molar-refractivity contribution in [1.29, 1.82) is 0 Å². The monoisotopic (exact) mass is 262 g/mol. The molecule has 1 aromatic carbocycles. The molecule has 104 valence electrons. The van der Waals surface area contributed by atoms with Crippen molar-refractivity contribution in [2.75, 3.05) is 0 Å². The first-order valence-electron chi connectivity index (χ1n) is 6.98. The van der Waals surface area contributed by atoms with Crippen LogP contribution in [0.3, 0.4) is 0 Å². The van der Waals surface area contributed by atoms with Gasteiger partial charge in [0.2, 0.25) is 0 Å². The number of benzene rings is 1. The highest BCUT2D eigenvalue weighted by Gasteiger charge is 2.26. The Hall–Kier alpha value is -1.35. The molecule has 0 radical (unpaired) electrons. The summed E-state index contributed by atoms with van der Waals surface area (Å²) in [7, 11) is 0. The highest BCUT2D eigenvalue weighted by atomic mass is 16.5. The molecule has 1 aliphatic heterocycles. The maximum Gasteiger partial charge on any atom is 0.306 e. The predicted molar refractivity (Wildman–Crippen MR) is 73.6 cm³/mol. The van der Waals surface area contributed by atoms with E-state index >= 15 is 0 Å². The molecule has 2 atom stereocenters. The average molecular weight is 262 g/mol. The first-order chi connectivity index (χ1) is 9.13. The molecule has 1 fully saturated rings. The molecule has 1 aromatic rings. The van der Waals surface area contributed by atoms with Crippen molar-refractivity contribution in [3.05, 3.63) is 35.9 Å². The Morgan fingerprint density at radius 3 is 2.47 bits per heavy atom. The number of carbonyl (C=O) groups is 1. The van der Waals surface area contributed by atoms with E-state index in [9.17, 15) is 4.79 Å². The summed E-state index contributed by atoms with van der Waals surface area (Å²) in [6.45, 7) is 4.50. The summed E-state index contributed by atoms with van der Waals surface area (Å²) in [6, 6.07) is 9.78. The van der Waals surface area contributed by atoms with Crippen LogP contribution < -0.4 is 0 Å². The number of hydrogen-bond donors (Lipinski definition) is 0. The minimum Gasteiger partial charge on any atom is -0.461 e. The van der Waals surface area contributed by atoms with Crippen LogP contribution in [-0.4, -0.2) is 18.2 Å². The van der Waals surface area contributed by atoms with E-state index in [4.69, 9.17) is 9.47 Å². The molecule has 0 unspecified atom stereocenters. The van der Waals surface area contributed by atoms with Crippen LogP contribution in [0.1, 0.15) is 38.7 Å². The van der Waals surface area contributed by atoms with Gasteiger partial charge < -0.3 is 9.47 Å². The SMILES string of the molecule is C[C@@H]1CC(CC(=O)OCc2ccccc2)C[C@@H](C)O1. The van der Waals surface area contributed by atoms with E-state index in [2.05, 4.69) is 13.8 Å². The van der Waals surface area contributed by atoms with E-state index < -0.39 is 0 Å². The summed E-state index contributed by atoms with van der Waals surface area (Å²) in [4.78, 5) is 11.8. The fraction of sp³-hybridized carbons (Fsp3) is 0.562. The van der Waals surface area contributed by atoms with Gasteiger partial charge in [-0.05, 0) is 38.2 Å². The average Bonchev–Trinajstić information content (AvgIpc) is 2.36. The van der Waals surface area contributed by atoms with Gasteiger partial charge in [0.05, 0.1) is 12.2 Å². The van der Waals surface area contributed by atoms with Crippen molar-refractivity contribution in [3.8, 4) is 0 Å². The van der Waals surface area contributed by atoms with Crippen LogP contribution >= 0.6 is 0 Å². The van der Waals surface area contributed by atoms with E-state index in [0.29, 0.717) is 18.9 Å². The standard InChI is InChI=1S/C16H22O3/c1-12-8-15(9-13(2)19-12)10-16(17)18-11-14-6-4-3-5-7-14/h3-7,12-13,15H,8-11H2,1-2H3/t12-,13-/m1/s1. The summed E-state index contributed by atoms with van der Waals surface area (Å²) in [5.41, 5.74) is 1.03. The first-order valence-corrected chi connectivity index (χ1v) is 6.98. The molecule has 0 spiro atoms. The van der Waals surface area contributed by atoms with E-state index in [-0.39, 0.29) is 18.2 Å². The predicted octanol–water partition coefficient (Wildman–Crippen LogP) is 3.32. The van der Waals surface area contributed by atoms with Crippen LogP contribution in [0.2, 0.25) is 0 Å². The molecule has 1 saturated heterocycles. The molecular weight excluding hydrogens is 240 g/mol. The first kappa shape index (κ1) is 14.1.